The van der Waals surface area contributed by atoms with Crippen molar-refractivity contribution in [1.82, 2.24) is 20.6 Å². The van der Waals surface area contributed by atoms with E-state index in [0.29, 0.717) is 26.8 Å². The molecule has 1 fully saturated rings. The van der Waals surface area contributed by atoms with Gasteiger partial charge in [-0.15, -0.1) is 11.3 Å². The van der Waals surface area contributed by atoms with Gasteiger partial charge in [-0.2, -0.15) is 0 Å². The van der Waals surface area contributed by atoms with Crippen LogP contribution >= 0.6 is 11.3 Å². The minimum absolute atomic E-state index is 0.157. The molecule has 3 aromatic rings. The molecule has 4 heterocycles. The summed E-state index contributed by atoms with van der Waals surface area (Å²) in [6.45, 7) is 7.59. The number of hydrogen-bond donors (Lipinski definition) is 3. The second-order valence-corrected chi connectivity index (χ2v) is 10.0. The summed E-state index contributed by atoms with van der Waals surface area (Å²) in [6.07, 6.45) is 7.02. The molecule has 35 heavy (non-hydrogen) atoms. The molecular formula is C25H26N6O3S. The Morgan fingerprint density at radius 2 is 1.94 bits per heavy atom. The molecule has 180 valence electrons. The maximum absolute atomic E-state index is 13.3. The van der Waals surface area contributed by atoms with E-state index in [-0.39, 0.29) is 35.8 Å². The number of urea groups is 1. The molecule has 2 atom stereocenters. The number of amides is 4. The van der Waals surface area contributed by atoms with Crippen LogP contribution in [0.5, 0.6) is 0 Å². The predicted molar refractivity (Wildman–Crippen MR) is 136 cm³/mol. The number of carbonyl (C=O) groups is 3. The van der Waals surface area contributed by atoms with Gasteiger partial charge in [-0.3, -0.25) is 19.5 Å². The average molecular weight is 491 g/mol. The molecule has 0 saturated heterocycles. The standard InChI is InChI=1S/C25H26N6O3S/c1-4-19(32)28-15-6-5-7-16(15)29-23(33)22-21-20-18(9-11-27-24(20)35-22)31(25(34)30-21)14-8-10-26-17(12-14)13(2)3/h4,8-13,15-16H,1,5-7H2,2-3H3,(H,28,32)(H,29,33)(H,30,34)/t15-,16+/m0/s1. The Morgan fingerprint density at radius 3 is 2.69 bits per heavy atom. The average Bonchev–Trinajstić information content (AvgIpc) is 3.44. The largest absolute Gasteiger partial charge is 0.348 e. The molecule has 0 spiro atoms. The van der Waals surface area contributed by atoms with E-state index in [1.165, 1.54) is 17.4 Å². The normalized spacial score (nSPS) is 19.1. The third-order valence-corrected chi connectivity index (χ3v) is 7.51. The Kier molecular flexibility index (Phi) is 5.98. The number of aromatic nitrogens is 2. The van der Waals surface area contributed by atoms with Crippen LogP contribution in [0.4, 0.5) is 21.9 Å². The van der Waals surface area contributed by atoms with Crippen molar-refractivity contribution in [1.29, 1.82) is 0 Å². The summed E-state index contributed by atoms with van der Waals surface area (Å²) in [4.78, 5) is 49.9. The fourth-order valence-electron chi connectivity index (χ4n) is 4.67. The summed E-state index contributed by atoms with van der Waals surface area (Å²) >= 11 is 1.24. The van der Waals surface area contributed by atoms with Gasteiger partial charge in [0.1, 0.15) is 9.71 Å². The second kappa shape index (κ2) is 9.10. The van der Waals surface area contributed by atoms with Gasteiger partial charge >= 0.3 is 6.03 Å². The van der Waals surface area contributed by atoms with E-state index >= 15 is 0 Å². The topological polar surface area (TPSA) is 116 Å². The zero-order valence-corrected chi connectivity index (χ0v) is 20.3. The first-order chi connectivity index (χ1) is 16.9. The summed E-state index contributed by atoms with van der Waals surface area (Å²) < 4.78 is 0. The first-order valence-corrected chi connectivity index (χ1v) is 12.4. The highest BCUT2D eigenvalue weighted by Gasteiger charge is 2.35. The fourth-order valence-corrected chi connectivity index (χ4v) is 5.70. The minimum Gasteiger partial charge on any atom is -0.348 e. The van der Waals surface area contributed by atoms with Crippen molar-refractivity contribution in [3.8, 4) is 0 Å². The Balaban J connectivity index is 1.49. The van der Waals surface area contributed by atoms with Gasteiger partial charge in [-0.1, -0.05) is 20.4 Å². The third kappa shape index (κ3) is 4.14. The predicted octanol–water partition coefficient (Wildman–Crippen LogP) is 4.45. The molecule has 4 amide bonds. The monoisotopic (exact) mass is 490 g/mol. The van der Waals surface area contributed by atoms with Crippen LogP contribution in [-0.4, -0.2) is 39.9 Å². The molecule has 0 bridgehead atoms. The van der Waals surface area contributed by atoms with E-state index in [9.17, 15) is 14.4 Å². The SMILES string of the molecule is C=CC(=O)N[C@H]1CCC[C@H]1NC(=O)c1sc2nccc3c2c1NC(=O)N3c1ccnc(C(C)C)c1. The van der Waals surface area contributed by atoms with Crippen LogP contribution in [-0.2, 0) is 4.79 Å². The maximum atomic E-state index is 13.3. The highest BCUT2D eigenvalue weighted by atomic mass is 32.1. The van der Waals surface area contributed by atoms with E-state index in [0.717, 1.165) is 30.3 Å². The molecule has 0 aromatic carbocycles. The highest BCUT2D eigenvalue weighted by molar-refractivity contribution is 7.21. The van der Waals surface area contributed by atoms with Crippen molar-refractivity contribution >= 4 is 56.5 Å². The minimum atomic E-state index is -0.352. The van der Waals surface area contributed by atoms with Crippen LogP contribution in [0.25, 0.3) is 10.2 Å². The Labute approximate surface area is 206 Å². The Morgan fingerprint density at radius 1 is 1.20 bits per heavy atom. The molecule has 3 aromatic heterocycles. The van der Waals surface area contributed by atoms with Gasteiger partial charge < -0.3 is 16.0 Å². The number of thiophene rings is 1. The van der Waals surface area contributed by atoms with Crippen molar-refractivity contribution in [2.75, 3.05) is 10.2 Å². The van der Waals surface area contributed by atoms with Gasteiger partial charge in [0, 0.05) is 30.2 Å². The van der Waals surface area contributed by atoms with Crippen LogP contribution in [0.1, 0.15) is 54.4 Å². The molecule has 0 radical (unpaired) electrons. The third-order valence-electron chi connectivity index (χ3n) is 6.41. The zero-order valence-electron chi connectivity index (χ0n) is 19.5. The van der Waals surface area contributed by atoms with Crippen LogP contribution in [0.2, 0.25) is 0 Å². The van der Waals surface area contributed by atoms with Crippen LogP contribution in [0, 0.1) is 0 Å². The van der Waals surface area contributed by atoms with Gasteiger partial charge in [0.25, 0.3) is 5.91 Å². The van der Waals surface area contributed by atoms with Crippen molar-refractivity contribution in [3.63, 3.8) is 0 Å². The lowest BCUT2D eigenvalue weighted by molar-refractivity contribution is -0.117. The summed E-state index contributed by atoms with van der Waals surface area (Å²) in [6, 6.07) is 4.77. The lowest BCUT2D eigenvalue weighted by Crippen LogP contribution is -2.48. The molecule has 2 aliphatic rings. The summed E-state index contributed by atoms with van der Waals surface area (Å²) in [5.74, 6) is -0.340. The molecule has 9 nitrogen and oxygen atoms in total. The van der Waals surface area contributed by atoms with E-state index in [2.05, 4.69) is 32.5 Å². The first-order valence-electron chi connectivity index (χ1n) is 11.6. The molecule has 5 rings (SSSR count). The van der Waals surface area contributed by atoms with Gasteiger partial charge in [0.05, 0.1) is 22.4 Å². The van der Waals surface area contributed by atoms with Crippen molar-refractivity contribution in [2.45, 2.75) is 51.1 Å². The van der Waals surface area contributed by atoms with Gasteiger partial charge in [-0.05, 0) is 49.5 Å². The summed E-state index contributed by atoms with van der Waals surface area (Å²) in [5.41, 5.74) is 2.71. The fraction of sp³-hybridized carbons (Fsp3) is 0.320. The van der Waals surface area contributed by atoms with Crippen molar-refractivity contribution < 1.29 is 14.4 Å². The number of anilines is 3. The van der Waals surface area contributed by atoms with Crippen molar-refractivity contribution in [3.05, 3.63) is 53.8 Å². The van der Waals surface area contributed by atoms with Crippen LogP contribution < -0.4 is 20.9 Å². The highest BCUT2D eigenvalue weighted by Crippen LogP contribution is 2.45. The lowest BCUT2D eigenvalue weighted by Gasteiger charge is -2.29. The zero-order chi connectivity index (χ0) is 24.7. The Hall–Kier alpha value is -3.79. The van der Waals surface area contributed by atoms with E-state index in [4.69, 9.17) is 0 Å². The number of hydrogen-bond acceptors (Lipinski definition) is 6. The van der Waals surface area contributed by atoms with Gasteiger partial charge in [-0.25, -0.2) is 9.78 Å². The number of nitrogens with one attached hydrogen (secondary N) is 3. The second-order valence-electron chi connectivity index (χ2n) is 9.01. The number of nitrogens with zero attached hydrogens (tertiary/aromatic N) is 3. The van der Waals surface area contributed by atoms with Gasteiger partial charge in [0.2, 0.25) is 5.91 Å². The smallest absolute Gasteiger partial charge is 0.331 e. The Bertz CT molecular complexity index is 1350. The van der Waals surface area contributed by atoms with Crippen molar-refractivity contribution in [2.24, 2.45) is 0 Å². The molecule has 3 N–H and O–H groups in total. The number of carbonyl (C=O) groups excluding carboxylic acids is 3. The lowest BCUT2D eigenvalue weighted by atomic mass is 10.1. The van der Waals surface area contributed by atoms with E-state index in [1.54, 1.807) is 29.4 Å². The first kappa shape index (κ1) is 23.0. The van der Waals surface area contributed by atoms with Crippen LogP contribution in [0.15, 0.2) is 43.2 Å². The summed E-state index contributed by atoms with van der Waals surface area (Å²) in [5, 5.41) is 9.60. The summed E-state index contributed by atoms with van der Waals surface area (Å²) in [7, 11) is 0. The van der Waals surface area contributed by atoms with E-state index < -0.39 is 0 Å². The molecule has 1 aliphatic carbocycles. The molecule has 0 unspecified atom stereocenters. The van der Waals surface area contributed by atoms with Gasteiger partial charge in [0.15, 0.2) is 0 Å². The molecule has 10 heteroatoms. The van der Waals surface area contributed by atoms with Crippen LogP contribution in [0.3, 0.4) is 0 Å². The molecule has 1 aliphatic heterocycles. The molecule has 1 saturated carbocycles. The molecular weight excluding hydrogens is 464 g/mol. The maximum Gasteiger partial charge on any atom is 0.331 e. The number of pyridine rings is 2. The van der Waals surface area contributed by atoms with E-state index in [1.807, 2.05) is 19.9 Å². The number of rotatable bonds is 6. The quantitative estimate of drug-likeness (QED) is 0.442.